The molecule has 0 fully saturated rings. The molecular weight excluding hydrogens is 294 g/mol. The zero-order valence-corrected chi connectivity index (χ0v) is 12.4. The number of carbonyl (C=O) groups excluding carboxylic acids is 2. The molecule has 116 valence electrons. The zero-order valence-electron chi connectivity index (χ0n) is 12.4. The lowest BCUT2D eigenvalue weighted by Crippen LogP contribution is -2.57. The molecule has 1 aliphatic rings. The second-order valence-corrected chi connectivity index (χ2v) is 4.97. The molecule has 0 unspecified atom stereocenters. The molecule has 2 N–H and O–H groups in total. The van der Waals surface area contributed by atoms with Gasteiger partial charge in [0.15, 0.2) is 0 Å². The molecule has 0 radical (unpaired) electrons. The number of aromatic nitrogens is 1. The van der Waals surface area contributed by atoms with E-state index in [1.807, 2.05) is 18.2 Å². The van der Waals surface area contributed by atoms with Gasteiger partial charge in [-0.2, -0.15) is 0 Å². The number of hydrogen-bond acceptors (Lipinski definition) is 5. The molecule has 2 amide bonds. The van der Waals surface area contributed by atoms with E-state index in [0.717, 1.165) is 0 Å². The number of rotatable bonds is 3. The molecule has 1 atom stereocenters. The Bertz CT molecular complexity index is 746. The summed E-state index contributed by atoms with van der Waals surface area (Å²) in [5, 5.41) is 4.02. The van der Waals surface area contributed by atoms with Gasteiger partial charge in [0.2, 0.25) is 5.84 Å². The molecule has 3 rings (SSSR count). The van der Waals surface area contributed by atoms with Crippen molar-refractivity contribution in [3.8, 4) is 0 Å². The Morgan fingerprint density at radius 3 is 2.70 bits per heavy atom. The average molecular weight is 309 g/mol. The van der Waals surface area contributed by atoms with Crippen LogP contribution in [0.5, 0.6) is 0 Å². The van der Waals surface area contributed by atoms with E-state index in [-0.39, 0.29) is 11.7 Å². The lowest BCUT2D eigenvalue weighted by molar-refractivity contribution is -0.120. The van der Waals surface area contributed by atoms with E-state index in [4.69, 9.17) is 0 Å². The van der Waals surface area contributed by atoms with Crippen molar-refractivity contribution in [2.24, 2.45) is 4.99 Å². The van der Waals surface area contributed by atoms with Gasteiger partial charge in [-0.15, -0.1) is 0 Å². The number of para-hydroxylation sites is 1. The first-order valence-electron chi connectivity index (χ1n) is 7.10. The SMILES string of the molecule is C[C@@H]1N=C(C(=O)Nc2cccnc2)NN(c2ccccc2)C1=O. The van der Waals surface area contributed by atoms with Gasteiger partial charge in [0, 0.05) is 6.20 Å². The minimum absolute atomic E-state index is 0.0739. The monoisotopic (exact) mass is 309 g/mol. The molecular formula is C16H15N5O2. The number of carbonyl (C=O) groups is 2. The van der Waals surface area contributed by atoms with Crippen molar-refractivity contribution < 1.29 is 9.59 Å². The van der Waals surface area contributed by atoms with Gasteiger partial charge in [-0.05, 0) is 31.2 Å². The van der Waals surface area contributed by atoms with E-state index in [1.165, 1.54) is 11.2 Å². The molecule has 0 bridgehead atoms. The summed E-state index contributed by atoms with van der Waals surface area (Å²) in [6, 6.07) is 11.8. The topological polar surface area (TPSA) is 86.7 Å². The molecule has 2 aromatic rings. The molecule has 0 spiro atoms. The van der Waals surface area contributed by atoms with Crippen molar-refractivity contribution in [2.45, 2.75) is 13.0 Å². The fourth-order valence-corrected chi connectivity index (χ4v) is 2.13. The van der Waals surface area contributed by atoms with Crippen LogP contribution < -0.4 is 15.8 Å². The summed E-state index contributed by atoms with van der Waals surface area (Å²) in [7, 11) is 0. The van der Waals surface area contributed by atoms with Crippen LogP contribution in [0.2, 0.25) is 0 Å². The Labute approximate surface area is 133 Å². The van der Waals surface area contributed by atoms with Crippen molar-refractivity contribution >= 4 is 29.0 Å². The highest BCUT2D eigenvalue weighted by Gasteiger charge is 2.30. The number of amidine groups is 1. The van der Waals surface area contributed by atoms with Gasteiger partial charge in [-0.25, -0.2) is 10.0 Å². The summed E-state index contributed by atoms with van der Waals surface area (Å²) in [6.07, 6.45) is 3.15. The van der Waals surface area contributed by atoms with Crippen LogP contribution in [0.25, 0.3) is 0 Å². The fraction of sp³-hybridized carbons (Fsp3) is 0.125. The number of hydrazine groups is 1. The summed E-state index contributed by atoms with van der Waals surface area (Å²) < 4.78 is 0. The first kappa shape index (κ1) is 14.7. The second-order valence-electron chi connectivity index (χ2n) is 4.97. The molecule has 23 heavy (non-hydrogen) atoms. The fourth-order valence-electron chi connectivity index (χ4n) is 2.13. The number of nitrogens with one attached hydrogen (secondary N) is 2. The summed E-state index contributed by atoms with van der Waals surface area (Å²) >= 11 is 0. The summed E-state index contributed by atoms with van der Waals surface area (Å²) in [5.41, 5.74) is 3.97. The van der Waals surface area contributed by atoms with Gasteiger partial charge >= 0.3 is 0 Å². The van der Waals surface area contributed by atoms with Crippen LogP contribution in [0.15, 0.2) is 59.9 Å². The van der Waals surface area contributed by atoms with Gasteiger partial charge in [0.05, 0.1) is 17.6 Å². The average Bonchev–Trinajstić information content (AvgIpc) is 2.59. The van der Waals surface area contributed by atoms with E-state index in [0.29, 0.717) is 11.4 Å². The second kappa shape index (κ2) is 6.27. The summed E-state index contributed by atoms with van der Waals surface area (Å²) in [4.78, 5) is 32.6. The Kier molecular flexibility index (Phi) is 4.01. The largest absolute Gasteiger partial charge is 0.318 e. The third-order valence-corrected chi connectivity index (χ3v) is 3.27. The van der Waals surface area contributed by atoms with Crippen molar-refractivity contribution in [1.82, 2.24) is 10.4 Å². The highest BCUT2D eigenvalue weighted by molar-refractivity contribution is 6.43. The molecule has 1 aromatic carbocycles. The third-order valence-electron chi connectivity index (χ3n) is 3.27. The maximum absolute atomic E-state index is 12.3. The number of anilines is 2. The maximum atomic E-state index is 12.3. The number of hydrogen-bond donors (Lipinski definition) is 2. The van der Waals surface area contributed by atoms with Crippen LogP contribution in [0.4, 0.5) is 11.4 Å². The molecule has 2 heterocycles. The molecule has 0 saturated carbocycles. The van der Waals surface area contributed by atoms with Crippen LogP contribution in [0.1, 0.15) is 6.92 Å². The molecule has 7 nitrogen and oxygen atoms in total. The molecule has 1 aliphatic heterocycles. The van der Waals surface area contributed by atoms with Crippen molar-refractivity contribution in [1.29, 1.82) is 0 Å². The van der Waals surface area contributed by atoms with Gasteiger partial charge in [0.25, 0.3) is 11.8 Å². The van der Waals surface area contributed by atoms with E-state index >= 15 is 0 Å². The number of pyridine rings is 1. The van der Waals surface area contributed by atoms with E-state index in [2.05, 4.69) is 20.7 Å². The first-order chi connectivity index (χ1) is 11.1. The van der Waals surface area contributed by atoms with Gasteiger partial charge in [0.1, 0.15) is 6.04 Å². The van der Waals surface area contributed by atoms with Crippen LogP contribution >= 0.6 is 0 Å². The Hall–Kier alpha value is -3.22. The number of amides is 2. The Morgan fingerprint density at radius 1 is 1.22 bits per heavy atom. The highest BCUT2D eigenvalue weighted by Crippen LogP contribution is 2.16. The minimum atomic E-state index is -0.647. The van der Waals surface area contributed by atoms with Crippen LogP contribution in [-0.2, 0) is 9.59 Å². The van der Waals surface area contributed by atoms with E-state index in [9.17, 15) is 9.59 Å². The smallest absolute Gasteiger partial charge is 0.292 e. The van der Waals surface area contributed by atoms with Crippen LogP contribution in [0, 0.1) is 0 Å². The quantitative estimate of drug-likeness (QED) is 0.896. The van der Waals surface area contributed by atoms with Gasteiger partial charge in [-0.3, -0.25) is 20.0 Å². The van der Waals surface area contributed by atoms with Gasteiger partial charge < -0.3 is 5.32 Å². The Balaban J connectivity index is 1.81. The first-order valence-corrected chi connectivity index (χ1v) is 7.10. The molecule has 7 heteroatoms. The van der Waals surface area contributed by atoms with Crippen molar-refractivity contribution in [3.05, 3.63) is 54.9 Å². The standard InChI is InChI=1S/C16H15N5O2/c1-11-16(23)21(13-7-3-2-4-8-13)20-14(18-11)15(22)19-12-6-5-9-17-10-12/h2-11H,1H3,(H,18,20)(H,19,22)/t11-/m0/s1. The highest BCUT2D eigenvalue weighted by atomic mass is 16.2. The molecule has 1 aromatic heterocycles. The van der Waals surface area contributed by atoms with Crippen LogP contribution in [-0.4, -0.2) is 28.7 Å². The number of benzene rings is 1. The molecule has 0 saturated heterocycles. The lowest BCUT2D eigenvalue weighted by atomic mass is 10.2. The Morgan fingerprint density at radius 2 is 2.00 bits per heavy atom. The maximum Gasteiger partial charge on any atom is 0.292 e. The number of aliphatic imine (C=N–C) groups is 1. The van der Waals surface area contributed by atoms with Gasteiger partial charge in [-0.1, -0.05) is 18.2 Å². The van der Waals surface area contributed by atoms with E-state index in [1.54, 1.807) is 37.4 Å². The summed E-state index contributed by atoms with van der Waals surface area (Å²) in [5.74, 6) is -0.586. The summed E-state index contributed by atoms with van der Waals surface area (Å²) in [6.45, 7) is 1.65. The van der Waals surface area contributed by atoms with Crippen LogP contribution in [0.3, 0.4) is 0 Å². The predicted octanol–water partition coefficient (Wildman–Crippen LogP) is 1.36. The zero-order chi connectivity index (χ0) is 16.2. The third kappa shape index (κ3) is 3.18. The predicted molar refractivity (Wildman–Crippen MR) is 86.8 cm³/mol. The van der Waals surface area contributed by atoms with E-state index < -0.39 is 11.9 Å². The number of nitrogens with zero attached hydrogens (tertiary/aromatic N) is 3. The molecule has 0 aliphatic carbocycles. The van der Waals surface area contributed by atoms with Crippen molar-refractivity contribution in [2.75, 3.05) is 10.3 Å². The normalized spacial score (nSPS) is 17.3. The lowest BCUT2D eigenvalue weighted by Gasteiger charge is -2.30. The minimum Gasteiger partial charge on any atom is -0.318 e. The van der Waals surface area contributed by atoms with Crippen molar-refractivity contribution in [3.63, 3.8) is 0 Å².